The first-order valence-electron chi connectivity index (χ1n) is 6.08. The van der Waals surface area contributed by atoms with Crippen molar-refractivity contribution in [3.05, 3.63) is 35.8 Å². The third-order valence-corrected chi connectivity index (χ3v) is 3.02. The van der Waals surface area contributed by atoms with E-state index >= 15 is 0 Å². The van der Waals surface area contributed by atoms with Crippen LogP contribution in [0.3, 0.4) is 0 Å². The monoisotopic (exact) mass is 258 g/mol. The summed E-state index contributed by atoms with van der Waals surface area (Å²) >= 11 is 0. The Kier molecular flexibility index (Phi) is 3.00. The van der Waals surface area contributed by atoms with Crippen molar-refractivity contribution in [2.45, 2.75) is 6.92 Å². The van der Waals surface area contributed by atoms with Gasteiger partial charge in [0.05, 0.1) is 18.4 Å². The van der Waals surface area contributed by atoms with Crippen LogP contribution in [0.25, 0.3) is 5.82 Å². The third-order valence-electron chi connectivity index (χ3n) is 3.02. The van der Waals surface area contributed by atoms with Gasteiger partial charge in [-0.2, -0.15) is 5.10 Å². The van der Waals surface area contributed by atoms with Crippen LogP contribution in [0.15, 0.2) is 24.5 Å². The second-order valence-electron chi connectivity index (χ2n) is 4.46. The molecule has 6 nitrogen and oxygen atoms in total. The zero-order valence-corrected chi connectivity index (χ0v) is 10.6. The summed E-state index contributed by atoms with van der Waals surface area (Å²) in [6, 6.07) is 3.96. The number of aldehydes is 1. The maximum Gasteiger partial charge on any atom is 0.155 e. The molecule has 0 saturated carbocycles. The fourth-order valence-electron chi connectivity index (χ4n) is 2.07. The minimum atomic E-state index is 0.536. The molecule has 3 rings (SSSR count). The standard InChI is InChI=1S/C13H14N4O2/c1-10-4-12(16-2-3-19-9-16)5-13(15-10)17-7-11(8-18)6-14-17/h4-8H,2-3,9H2,1H3. The summed E-state index contributed by atoms with van der Waals surface area (Å²) < 4.78 is 6.96. The fourth-order valence-corrected chi connectivity index (χ4v) is 2.07. The van der Waals surface area contributed by atoms with Crippen LogP contribution in [0, 0.1) is 6.92 Å². The van der Waals surface area contributed by atoms with Gasteiger partial charge in [0.1, 0.15) is 6.73 Å². The van der Waals surface area contributed by atoms with Crippen LogP contribution in [-0.4, -0.2) is 40.9 Å². The topological polar surface area (TPSA) is 60.2 Å². The number of carbonyl (C=O) groups excluding carboxylic acids is 1. The highest BCUT2D eigenvalue weighted by Crippen LogP contribution is 2.20. The van der Waals surface area contributed by atoms with Crippen molar-refractivity contribution in [2.75, 3.05) is 24.8 Å². The van der Waals surface area contributed by atoms with Gasteiger partial charge in [-0.1, -0.05) is 0 Å². The van der Waals surface area contributed by atoms with E-state index in [1.54, 1.807) is 10.9 Å². The Hall–Kier alpha value is -2.21. The number of pyridine rings is 1. The average Bonchev–Trinajstić information content (AvgIpc) is 3.09. The molecule has 2 aromatic rings. The molecule has 1 fully saturated rings. The van der Waals surface area contributed by atoms with Gasteiger partial charge in [-0.15, -0.1) is 0 Å². The van der Waals surface area contributed by atoms with Crippen molar-refractivity contribution in [1.29, 1.82) is 0 Å². The van der Waals surface area contributed by atoms with E-state index < -0.39 is 0 Å². The normalized spacial score (nSPS) is 14.9. The molecule has 0 aliphatic carbocycles. The Bertz CT molecular complexity index is 602. The lowest BCUT2D eigenvalue weighted by Gasteiger charge is -2.17. The summed E-state index contributed by atoms with van der Waals surface area (Å²) in [5.41, 5.74) is 2.50. The molecular formula is C13H14N4O2. The summed E-state index contributed by atoms with van der Waals surface area (Å²) in [5.74, 6) is 0.704. The SMILES string of the molecule is Cc1cc(N2CCOC2)cc(-n2cc(C=O)cn2)n1. The number of hydrogen-bond acceptors (Lipinski definition) is 5. The average molecular weight is 258 g/mol. The fraction of sp³-hybridized carbons (Fsp3) is 0.308. The van der Waals surface area contributed by atoms with E-state index in [9.17, 15) is 4.79 Å². The van der Waals surface area contributed by atoms with E-state index in [0.717, 1.165) is 30.8 Å². The lowest BCUT2D eigenvalue weighted by atomic mass is 10.3. The summed E-state index contributed by atoms with van der Waals surface area (Å²) in [5, 5.41) is 4.14. The van der Waals surface area contributed by atoms with Crippen LogP contribution in [0.2, 0.25) is 0 Å². The number of rotatable bonds is 3. The van der Waals surface area contributed by atoms with E-state index in [4.69, 9.17) is 4.74 Å². The van der Waals surface area contributed by atoms with Crippen LogP contribution < -0.4 is 4.90 Å². The van der Waals surface area contributed by atoms with Crippen LogP contribution in [0.1, 0.15) is 16.1 Å². The van der Waals surface area contributed by atoms with E-state index in [1.165, 1.54) is 6.20 Å². The minimum Gasteiger partial charge on any atom is -0.359 e. The van der Waals surface area contributed by atoms with Gasteiger partial charge in [0.15, 0.2) is 12.1 Å². The first-order valence-corrected chi connectivity index (χ1v) is 6.08. The van der Waals surface area contributed by atoms with E-state index in [0.29, 0.717) is 18.1 Å². The van der Waals surface area contributed by atoms with Crippen LogP contribution in [0.4, 0.5) is 5.69 Å². The number of nitrogens with zero attached hydrogens (tertiary/aromatic N) is 4. The molecule has 0 N–H and O–H groups in total. The number of hydrogen-bond donors (Lipinski definition) is 0. The molecule has 0 bridgehead atoms. The molecule has 0 unspecified atom stereocenters. The molecule has 1 aliphatic rings. The highest BCUT2D eigenvalue weighted by Gasteiger charge is 2.14. The Labute approximate surface area is 110 Å². The van der Waals surface area contributed by atoms with Crippen LogP contribution in [0.5, 0.6) is 0 Å². The second kappa shape index (κ2) is 4.81. The molecular weight excluding hydrogens is 244 g/mol. The summed E-state index contributed by atoms with van der Waals surface area (Å²) in [6.45, 7) is 4.16. The number of carbonyl (C=O) groups is 1. The predicted molar refractivity (Wildman–Crippen MR) is 69.6 cm³/mol. The highest BCUT2D eigenvalue weighted by atomic mass is 16.5. The Morgan fingerprint density at radius 2 is 2.32 bits per heavy atom. The summed E-state index contributed by atoms with van der Waals surface area (Å²) in [6.07, 6.45) is 3.96. The van der Waals surface area contributed by atoms with Crippen molar-refractivity contribution < 1.29 is 9.53 Å². The number of ether oxygens (including phenoxy) is 1. The molecule has 1 saturated heterocycles. The lowest BCUT2D eigenvalue weighted by molar-refractivity contribution is 0.112. The van der Waals surface area contributed by atoms with Gasteiger partial charge in [-0.25, -0.2) is 9.67 Å². The number of anilines is 1. The van der Waals surface area contributed by atoms with E-state index in [1.807, 2.05) is 19.1 Å². The van der Waals surface area contributed by atoms with Crippen molar-refractivity contribution in [1.82, 2.24) is 14.8 Å². The van der Waals surface area contributed by atoms with Crippen LogP contribution >= 0.6 is 0 Å². The molecule has 0 atom stereocenters. The van der Waals surface area contributed by atoms with Gasteiger partial charge in [0.2, 0.25) is 0 Å². The number of aromatic nitrogens is 3. The van der Waals surface area contributed by atoms with Gasteiger partial charge in [0.25, 0.3) is 0 Å². The Morgan fingerprint density at radius 1 is 1.42 bits per heavy atom. The maximum atomic E-state index is 10.7. The molecule has 0 spiro atoms. The van der Waals surface area contributed by atoms with Gasteiger partial charge in [-0.05, 0) is 13.0 Å². The molecule has 6 heteroatoms. The lowest BCUT2D eigenvalue weighted by Crippen LogP contribution is -2.19. The van der Waals surface area contributed by atoms with Gasteiger partial charge < -0.3 is 9.64 Å². The Morgan fingerprint density at radius 3 is 3.00 bits per heavy atom. The van der Waals surface area contributed by atoms with Crippen molar-refractivity contribution >= 4 is 12.0 Å². The van der Waals surface area contributed by atoms with Gasteiger partial charge in [0, 0.05) is 30.2 Å². The van der Waals surface area contributed by atoms with E-state index in [-0.39, 0.29) is 0 Å². The molecule has 1 aliphatic heterocycles. The molecule has 0 aromatic carbocycles. The van der Waals surface area contributed by atoms with Crippen molar-refractivity contribution in [3.8, 4) is 5.82 Å². The van der Waals surface area contributed by atoms with Gasteiger partial charge >= 0.3 is 0 Å². The molecule has 98 valence electrons. The number of aryl methyl sites for hydroxylation is 1. The zero-order chi connectivity index (χ0) is 13.2. The zero-order valence-electron chi connectivity index (χ0n) is 10.6. The molecule has 0 amide bonds. The first kappa shape index (κ1) is 11.9. The molecule has 3 heterocycles. The maximum absolute atomic E-state index is 10.7. The largest absolute Gasteiger partial charge is 0.359 e. The Balaban J connectivity index is 1.98. The van der Waals surface area contributed by atoms with Gasteiger partial charge in [-0.3, -0.25) is 4.79 Å². The smallest absolute Gasteiger partial charge is 0.155 e. The van der Waals surface area contributed by atoms with E-state index in [2.05, 4.69) is 15.0 Å². The minimum absolute atomic E-state index is 0.536. The molecule has 2 aromatic heterocycles. The van der Waals surface area contributed by atoms with Crippen LogP contribution in [-0.2, 0) is 4.74 Å². The van der Waals surface area contributed by atoms with Crippen molar-refractivity contribution in [3.63, 3.8) is 0 Å². The summed E-state index contributed by atoms with van der Waals surface area (Å²) in [7, 11) is 0. The van der Waals surface area contributed by atoms with Crippen molar-refractivity contribution in [2.24, 2.45) is 0 Å². The summed E-state index contributed by atoms with van der Waals surface area (Å²) in [4.78, 5) is 17.3. The first-order chi connectivity index (χ1) is 9.26. The quantitative estimate of drug-likeness (QED) is 0.774. The second-order valence-corrected chi connectivity index (χ2v) is 4.46. The molecule has 0 radical (unpaired) electrons. The third kappa shape index (κ3) is 2.34. The highest BCUT2D eigenvalue weighted by molar-refractivity contribution is 5.73. The predicted octanol–water partition coefficient (Wildman–Crippen LogP) is 1.18. The molecule has 19 heavy (non-hydrogen) atoms.